The molecular formula is C26H26FN5O. The quantitative estimate of drug-likeness (QED) is 0.422. The molecule has 0 saturated carbocycles. The molecule has 0 unspecified atom stereocenters. The normalized spacial score (nSPS) is 11.8. The molecule has 0 spiro atoms. The van der Waals surface area contributed by atoms with Crippen LogP contribution >= 0.6 is 0 Å². The van der Waals surface area contributed by atoms with Crippen LogP contribution in [0.5, 0.6) is 0 Å². The molecule has 1 amide bonds. The summed E-state index contributed by atoms with van der Waals surface area (Å²) in [5.41, 5.74) is 4.46. The van der Waals surface area contributed by atoms with Crippen molar-refractivity contribution in [1.82, 2.24) is 20.1 Å². The lowest BCUT2D eigenvalue weighted by Crippen LogP contribution is -2.35. The molecule has 0 radical (unpaired) electrons. The highest BCUT2D eigenvalue weighted by molar-refractivity contribution is 5.95. The van der Waals surface area contributed by atoms with Crippen molar-refractivity contribution in [2.75, 3.05) is 11.9 Å². The summed E-state index contributed by atoms with van der Waals surface area (Å²) < 4.78 is 16.2. The Morgan fingerprint density at radius 1 is 1.03 bits per heavy atom. The van der Waals surface area contributed by atoms with Crippen molar-refractivity contribution < 1.29 is 9.18 Å². The lowest BCUT2D eigenvalue weighted by Gasteiger charge is -2.19. The van der Waals surface area contributed by atoms with Crippen LogP contribution in [-0.2, 0) is 18.3 Å². The Balaban J connectivity index is 1.46. The summed E-state index contributed by atoms with van der Waals surface area (Å²) in [6.45, 7) is 2.56. The van der Waals surface area contributed by atoms with Gasteiger partial charge in [0.2, 0.25) is 5.91 Å². The SMILES string of the molecule is Cc1ccc(CCN[C@H](C(=O)Nc2ccc(-c3cnn(C)c3)cn2)c2ccccc2F)cc1. The third-order valence-corrected chi connectivity index (χ3v) is 5.41. The molecule has 168 valence electrons. The number of amides is 1. The molecular weight excluding hydrogens is 417 g/mol. The van der Waals surface area contributed by atoms with Gasteiger partial charge in [-0.1, -0.05) is 48.0 Å². The summed E-state index contributed by atoms with van der Waals surface area (Å²) in [6.07, 6.45) is 6.04. The van der Waals surface area contributed by atoms with Crippen molar-refractivity contribution in [2.45, 2.75) is 19.4 Å². The van der Waals surface area contributed by atoms with E-state index in [4.69, 9.17) is 0 Å². The van der Waals surface area contributed by atoms with Gasteiger partial charge in [0.25, 0.3) is 0 Å². The molecule has 0 fully saturated rings. The number of nitrogens with zero attached hydrogens (tertiary/aromatic N) is 3. The highest BCUT2D eigenvalue weighted by atomic mass is 19.1. The molecule has 0 bridgehead atoms. The van der Waals surface area contributed by atoms with Crippen LogP contribution in [0.15, 0.2) is 79.3 Å². The van der Waals surface area contributed by atoms with Gasteiger partial charge in [0.15, 0.2) is 0 Å². The number of hydrogen-bond acceptors (Lipinski definition) is 4. The average molecular weight is 444 g/mol. The monoisotopic (exact) mass is 443 g/mol. The van der Waals surface area contributed by atoms with Crippen LogP contribution in [0.2, 0.25) is 0 Å². The second-order valence-electron chi connectivity index (χ2n) is 7.97. The van der Waals surface area contributed by atoms with Crippen LogP contribution < -0.4 is 10.6 Å². The third kappa shape index (κ3) is 5.70. The van der Waals surface area contributed by atoms with E-state index in [1.54, 1.807) is 41.3 Å². The Bertz CT molecular complexity index is 1220. The first-order valence-corrected chi connectivity index (χ1v) is 10.8. The second kappa shape index (κ2) is 10.2. The number of hydrogen-bond donors (Lipinski definition) is 2. The topological polar surface area (TPSA) is 71.8 Å². The van der Waals surface area contributed by atoms with Crippen LogP contribution in [0, 0.1) is 12.7 Å². The maximum Gasteiger partial charge on any atom is 0.247 e. The number of carbonyl (C=O) groups is 1. The maximum absolute atomic E-state index is 14.5. The predicted octanol–water partition coefficient (Wildman–Crippen LogP) is 4.44. The van der Waals surface area contributed by atoms with Crippen LogP contribution in [0.3, 0.4) is 0 Å². The number of aryl methyl sites for hydroxylation is 2. The number of anilines is 1. The van der Waals surface area contributed by atoms with Gasteiger partial charge >= 0.3 is 0 Å². The van der Waals surface area contributed by atoms with Gasteiger partial charge in [0, 0.05) is 42.7 Å². The molecule has 0 aliphatic carbocycles. The molecule has 33 heavy (non-hydrogen) atoms. The highest BCUT2D eigenvalue weighted by Crippen LogP contribution is 2.21. The smallest absolute Gasteiger partial charge is 0.247 e. The van der Waals surface area contributed by atoms with Gasteiger partial charge < -0.3 is 10.6 Å². The minimum absolute atomic E-state index is 0.297. The zero-order valence-corrected chi connectivity index (χ0v) is 18.6. The maximum atomic E-state index is 14.5. The molecule has 2 aromatic heterocycles. The van der Waals surface area contributed by atoms with Gasteiger partial charge in [0.1, 0.15) is 17.7 Å². The Labute approximate surface area is 192 Å². The number of benzene rings is 2. The van der Waals surface area contributed by atoms with Crippen molar-refractivity contribution in [2.24, 2.45) is 7.05 Å². The van der Waals surface area contributed by atoms with Crippen LogP contribution in [-0.4, -0.2) is 27.2 Å². The Kier molecular flexibility index (Phi) is 6.90. The zero-order valence-electron chi connectivity index (χ0n) is 18.6. The van der Waals surface area contributed by atoms with Gasteiger partial charge in [-0.3, -0.25) is 9.48 Å². The van der Waals surface area contributed by atoms with Gasteiger partial charge in [-0.25, -0.2) is 9.37 Å². The highest BCUT2D eigenvalue weighted by Gasteiger charge is 2.23. The lowest BCUT2D eigenvalue weighted by atomic mass is 10.0. The van der Waals surface area contributed by atoms with E-state index in [9.17, 15) is 9.18 Å². The zero-order chi connectivity index (χ0) is 23.2. The Morgan fingerprint density at radius 3 is 2.48 bits per heavy atom. The molecule has 4 aromatic rings. The Hall–Kier alpha value is -3.84. The Morgan fingerprint density at radius 2 is 1.82 bits per heavy atom. The second-order valence-corrected chi connectivity index (χ2v) is 7.97. The van der Waals surface area contributed by atoms with Gasteiger partial charge in [-0.15, -0.1) is 0 Å². The van der Waals surface area contributed by atoms with Crippen molar-refractivity contribution >= 4 is 11.7 Å². The molecule has 6 nitrogen and oxygen atoms in total. The number of nitrogens with one attached hydrogen (secondary N) is 2. The van der Waals surface area contributed by atoms with E-state index < -0.39 is 11.9 Å². The van der Waals surface area contributed by atoms with E-state index in [1.807, 2.05) is 26.2 Å². The fourth-order valence-electron chi connectivity index (χ4n) is 3.58. The number of rotatable bonds is 8. The summed E-state index contributed by atoms with van der Waals surface area (Å²) in [5, 5.41) is 10.2. The summed E-state index contributed by atoms with van der Waals surface area (Å²) in [7, 11) is 1.85. The van der Waals surface area contributed by atoms with E-state index in [2.05, 4.69) is 45.0 Å². The summed E-state index contributed by atoms with van der Waals surface area (Å²) >= 11 is 0. The van der Waals surface area contributed by atoms with Crippen molar-refractivity contribution in [3.8, 4) is 11.1 Å². The van der Waals surface area contributed by atoms with E-state index in [1.165, 1.54) is 11.6 Å². The molecule has 4 rings (SSSR count). The number of aromatic nitrogens is 3. The standard InChI is InChI=1S/C26H26FN5O/c1-18-7-9-19(10-8-18)13-14-28-25(22-5-3-4-6-23(22)27)26(33)31-24-12-11-20(15-29-24)21-16-30-32(2)17-21/h3-12,15-17,25,28H,13-14H2,1-2H3,(H,29,31,33)/t25-/m0/s1. The number of carbonyl (C=O) groups excluding carboxylic acids is 1. The van der Waals surface area contributed by atoms with E-state index in [-0.39, 0.29) is 5.91 Å². The summed E-state index contributed by atoms with van der Waals surface area (Å²) in [4.78, 5) is 17.5. The molecule has 1 atom stereocenters. The third-order valence-electron chi connectivity index (χ3n) is 5.41. The molecule has 0 aliphatic heterocycles. The van der Waals surface area contributed by atoms with Gasteiger partial charge in [-0.05, 0) is 37.1 Å². The van der Waals surface area contributed by atoms with Gasteiger partial charge in [0.05, 0.1) is 6.20 Å². The average Bonchev–Trinajstić information content (AvgIpc) is 3.25. The molecule has 2 aromatic carbocycles. The first-order valence-electron chi connectivity index (χ1n) is 10.8. The van der Waals surface area contributed by atoms with Crippen LogP contribution in [0.1, 0.15) is 22.7 Å². The van der Waals surface area contributed by atoms with E-state index >= 15 is 0 Å². The first-order chi connectivity index (χ1) is 16.0. The number of pyridine rings is 1. The molecule has 2 N–H and O–H groups in total. The van der Waals surface area contributed by atoms with Crippen molar-refractivity contribution in [3.05, 3.63) is 102 Å². The number of halogens is 1. The van der Waals surface area contributed by atoms with E-state index in [0.717, 1.165) is 23.1 Å². The fraction of sp³-hybridized carbons (Fsp3) is 0.192. The van der Waals surface area contributed by atoms with Crippen molar-refractivity contribution in [1.29, 1.82) is 0 Å². The minimum Gasteiger partial charge on any atom is -0.309 e. The summed E-state index contributed by atoms with van der Waals surface area (Å²) in [6, 6.07) is 17.3. The first kappa shape index (κ1) is 22.4. The van der Waals surface area contributed by atoms with Crippen LogP contribution in [0.25, 0.3) is 11.1 Å². The largest absolute Gasteiger partial charge is 0.309 e. The van der Waals surface area contributed by atoms with Gasteiger partial charge in [-0.2, -0.15) is 5.10 Å². The lowest BCUT2D eigenvalue weighted by molar-refractivity contribution is -0.118. The molecule has 7 heteroatoms. The van der Waals surface area contributed by atoms with Crippen molar-refractivity contribution in [3.63, 3.8) is 0 Å². The molecule has 2 heterocycles. The minimum atomic E-state index is -0.851. The molecule has 0 aliphatic rings. The molecule has 0 saturated heterocycles. The van der Waals surface area contributed by atoms with E-state index in [0.29, 0.717) is 17.9 Å². The summed E-state index contributed by atoms with van der Waals surface area (Å²) in [5.74, 6) is -0.402. The van der Waals surface area contributed by atoms with Crippen LogP contribution in [0.4, 0.5) is 10.2 Å². The fourth-order valence-corrected chi connectivity index (χ4v) is 3.58. The predicted molar refractivity (Wildman–Crippen MR) is 127 cm³/mol.